The quantitative estimate of drug-likeness (QED) is 0.536. The van der Waals surface area contributed by atoms with Crippen LogP contribution in [0.5, 0.6) is 0 Å². The maximum absolute atomic E-state index is 13.2. The first-order valence-electron chi connectivity index (χ1n) is 8.86. The minimum atomic E-state index is -0.523. The molecule has 1 N–H and O–H groups in total. The smallest absolute Gasteiger partial charge is 0.234 e. The third-order valence-electron chi connectivity index (χ3n) is 3.98. The lowest BCUT2D eigenvalue weighted by Crippen LogP contribution is -2.14. The lowest BCUT2D eigenvalue weighted by molar-refractivity contribution is -0.113. The van der Waals surface area contributed by atoms with Crippen LogP contribution in [0.15, 0.2) is 47.6 Å². The summed E-state index contributed by atoms with van der Waals surface area (Å²) in [4.78, 5) is 12.2. The van der Waals surface area contributed by atoms with Crippen LogP contribution in [-0.4, -0.2) is 26.4 Å². The number of thioether (sulfide) groups is 1. The first-order chi connectivity index (χ1) is 13.5. The molecule has 3 aromatic rings. The molecule has 0 aliphatic heterocycles. The Bertz CT molecular complexity index is 992. The molecular weight excluding hydrogens is 399 g/mol. The summed E-state index contributed by atoms with van der Waals surface area (Å²) in [6.07, 6.45) is 0.921. The van der Waals surface area contributed by atoms with Crippen LogP contribution >= 0.6 is 23.4 Å². The topological polar surface area (TPSA) is 59.8 Å². The largest absolute Gasteiger partial charge is 0.325 e. The zero-order valence-corrected chi connectivity index (χ0v) is 17.1. The van der Waals surface area contributed by atoms with Crippen LogP contribution < -0.4 is 5.32 Å². The Labute approximate surface area is 172 Å². The van der Waals surface area contributed by atoms with Gasteiger partial charge in [0.05, 0.1) is 10.8 Å². The van der Waals surface area contributed by atoms with Crippen molar-refractivity contribution in [3.8, 4) is 11.4 Å². The fraction of sp³-hybridized carbons (Fsp3) is 0.250. The summed E-state index contributed by atoms with van der Waals surface area (Å²) in [7, 11) is 0. The summed E-state index contributed by atoms with van der Waals surface area (Å²) < 4.78 is 15.3. The van der Waals surface area contributed by atoms with Gasteiger partial charge in [-0.2, -0.15) is 0 Å². The van der Waals surface area contributed by atoms with Crippen molar-refractivity contribution >= 4 is 35.0 Å². The molecule has 0 fully saturated rings. The molecule has 0 saturated heterocycles. The summed E-state index contributed by atoms with van der Waals surface area (Å²) >= 11 is 7.06. The number of nitrogens with one attached hydrogen (secondary N) is 1. The molecule has 28 heavy (non-hydrogen) atoms. The van der Waals surface area contributed by atoms with Crippen molar-refractivity contribution in [2.24, 2.45) is 0 Å². The number of benzene rings is 2. The van der Waals surface area contributed by atoms with E-state index in [1.54, 1.807) is 0 Å². The minimum Gasteiger partial charge on any atom is -0.325 e. The molecule has 0 aliphatic carbocycles. The molecule has 0 saturated carbocycles. The Kier molecular flexibility index (Phi) is 6.70. The molecular formula is C20H20ClFN4OS. The monoisotopic (exact) mass is 418 g/mol. The SMILES string of the molecule is CCCn1c(SCC(=O)Nc2ccc(F)c(Cl)c2)nnc1-c1cccc(C)c1. The third-order valence-corrected chi connectivity index (χ3v) is 5.23. The number of carbonyl (C=O) groups excluding carboxylic acids is 1. The summed E-state index contributed by atoms with van der Waals surface area (Å²) in [5.74, 6) is 0.199. The van der Waals surface area contributed by atoms with Gasteiger partial charge in [-0.1, -0.05) is 54.0 Å². The number of aryl methyl sites for hydroxylation is 1. The second kappa shape index (κ2) is 9.21. The van der Waals surface area contributed by atoms with Gasteiger partial charge in [0.1, 0.15) is 5.82 Å². The molecule has 0 bridgehead atoms. The molecule has 3 rings (SSSR count). The second-order valence-electron chi connectivity index (χ2n) is 6.29. The number of aromatic nitrogens is 3. The molecule has 1 amide bonds. The standard InChI is InChI=1S/C20H20ClFN4OS/c1-3-9-26-19(14-6-4-5-13(2)10-14)24-25-20(26)28-12-18(27)23-15-7-8-17(22)16(21)11-15/h4-8,10-11H,3,9,12H2,1-2H3,(H,23,27). The first-order valence-corrected chi connectivity index (χ1v) is 10.2. The summed E-state index contributed by atoms with van der Waals surface area (Å²) in [5.41, 5.74) is 2.60. The van der Waals surface area contributed by atoms with Crippen molar-refractivity contribution in [1.29, 1.82) is 0 Å². The van der Waals surface area contributed by atoms with Crippen LogP contribution in [0.1, 0.15) is 18.9 Å². The predicted molar refractivity (Wildman–Crippen MR) is 111 cm³/mol. The van der Waals surface area contributed by atoms with Gasteiger partial charge in [0.15, 0.2) is 11.0 Å². The van der Waals surface area contributed by atoms with E-state index in [1.807, 2.05) is 29.7 Å². The molecule has 1 aromatic heterocycles. The average Bonchev–Trinajstić information content (AvgIpc) is 3.06. The molecule has 0 radical (unpaired) electrons. The molecule has 8 heteroatoms. The molecule has 5 nitrogen and oxygen atoms in total. The van der Waals surface area contributed by atoms with Gasteiger partial charge in [0.25, 0.3) is 0 Å². The van der Waals surface area contributed by atoms with Crippen molar-refractivity contribution in [3.63, 3.8) is 0 Å². The molecule has 2 aromatic carbocycles. The number of rotatable bonds is 7. The molecule has 146 valence electrons. The highest BCUT2D eigenvalue weighted by atomic mass is 35.5. The van der Waals surface area contributed by atoms with E-state index in [4.69, 9.17) is 11.6 Å². The van der Waals surface area contributed by atoms with E-state index in [0.717, 1.165) is 29.9 Å². The Morgan fingerprint density at radius 1 is 1.25 bits per heavy atom. The van der Waals surface area contributed by atoms with Gasteiger partial charge in [-0.15, -0.1) is 10.2 Å². The normalized spacial score (nSPS) is 10.9. The molecule has 0 atom stereocenters. The van der Waals surface area contributed by atoms with Gasteiger partial charge >= 0.3 is 0 Å². The van der Waals surface area contributed by atoms with Crippen LogP contribution in [-0.2, 0) is 11.3 Å². The number of amides is 1. The van der Waals surface area contributed by atoms with Gasteiger partial charge in [0, 0.05) is 17.8 Å². The fourth-order valence-corrected chi connectivity index (χ4v) is 3.66. The van der Waals surface area contributed by atoms with Crippen LogP contribution in [0.3, 0.4) is 0 Å². The summed E-state index contributed by atoms with van der Waals surface area (Å²) in [6.45, 7) is 4.87. The predicted octanol–water partition coefficient (Wildman–Crippen LogP) is 5.19. The van der Waals surface area contributed by atoms with E-state index in [1.165, 1.54) is 30.0 Å². The second-order valence-corrected chi connectivity index (χ2v) is 7.64. The third kappa shape index (κ3) is 4.91. The van der Waals surface area contributed by atoms with E-state index in [9.17, 15) is 9.18 Å². The Morgan fingerprint density at radius 2 is 2.07 bits per heavy atom. The number of halogens is 2. The van der Waals surface area contributed by atoms with E-state index in [2.05, 4.69) is 28.5 Å². The fourth-order valence-electron chi connectivity index (χ4n) is 2.72. The molecule has 0 spiro atoms. The maximum Gasteiger partial charge on any atom is 0.234 e. The highest BCUT2D eigenvalue weighted by molar-refractivity contribution is 7.99. The maximum atomic E-state index is 13.2. The highest BCUT2D eigenvalue weighted by Gasteiger charge is 2.15. The number of carbonyl (C=O) groups is 1. The molecule has 0 aliphatic rings. The first kappa shape index (κ1) is 20.4. The van der Waals surface area contributed by atoms with E-state index in [-0.39, 0.29) is 16.7 Å². The van der Waals surface area contributed by atoms with Gasteiger partial charge < -0.3 is 9.88 Å². The zero-order chi connectivity index (χ0) is 20.1. The van der Waals surface area contributed by atoms with Gasteiger partial charge in [-0.05, 0) is 37.6 Å². The van der Waals surface area contributed by atoms with Crippen molar-refractivity contribution in [2.45, 2.75) is 32.0 Å². The number of hydrogen-bond donors (Lipinski definition) is 1. The van der Waals surface area contributed by atoms with Crippen LogP contribution in [0.25, 0.3) is 11.4 Å². The lowest BCUT2D eigenvalue weighted by Gasteiger charge is -2.10. The highest BCUT2D eigenvalue weighted by Crippen LogP contribution is 2.25. The van der Waals surface area contributed by atoms with Crippen LogP contribution in [0, 0.1) is 12.7 Å². The van der Waals surface area contributed by atoms with Crippen LogP contribution in [0.4, 0.5) is 10.1 Å². The van der Waals surface area contributed by atoms with Crippen LogP contribution in [0.2, 0.25) is 5.02 Å². The van der Waals surface area contributed by atoms with E-state index < -0.39 is 5.82 Å². The summed E-state index contributed by atoms with van der Waals surface area (Å²) in [5, 5.41) is 12.0. The Morgan fingerprint density at radius 3 is 2.79 bits per heavy atom. The summed E-state index contributed by atoms with van der Waals surface area (Å²) in [6, 6.07) is 12.2. The van der Waals surface area contributed by atoms with Crippen molar-refractivity contribution in [1.82, 2.24) is 14.8 Å². The average molecular weight is 419 g/mol. The number of anilines is 1. The van der Waals surface area contributed by atoms with E-state index >= 15 is 0 Å². The zero-order valence-electron chi connectivity index (χ0n) is 15.6. The minimum absolute atomic E-state index is 0.0315. The van der Waals surface area contributed by atoms with Crippen molar-refractivity contribution < 1.29 is 9.18 Å². The number of nitrogens with zero attached hydrogens (tertiary/aromatic N) is 3. The Balaban J connectivity index is 1.71. The van der Waals surface area contributed by atoms with Crippen molar-refractivity contribution in [3.05, 3.63) is 58.9 Å². The van der Waals surface area contributed by atoms with Gasteiger partial charge in [-0.3, -0.25) is 4.79 Å². The lowest BCUT2D eigenvalue weighted by atomic mass is 10.1. The van der Waals surface area contributed by atoms with E-state index in [0.29, 0.717) is 10.8 Å². The molecule has 0 unspecified atom stereocenters. The molecule has 1 heterocycles. The Hall–Kier alpha value is -2.38. The van der Waals surface area contributed by atoms with Gasteiger partial charge in [-0.25, -0.2) is 4.39 Å². The van der Waals surface area contributed by atoms with Crippen molar-refractivity contribution in [2.75, 3.05) is 11.1 Å². The van der Waals surface area contributed by atoms with Gasteiger partial charge in [0.2, 0.25) is 5.91 Å². The number of hydrogen-bond acceptors (Lipinski definition) is 4.